The average Bonchev–Trinajstić information content (AvgIpc) is 2.56. The van der Waals surface area contributed by atoms with E-state index < -0.39 is 4.92 Å². The average molecular weight is 340 g/mol. The molecule has 0 unspecified atom stereocenters. The van der Waals surface area contributed by atoms with Crippen LogP contribution in [0, 0.1) is 10.1 Å². The van der Waals surface area contributed by atoms with Crippen LogP contribution in [0.25, 0.3) is 0 Å². The Morgan fingerprint density at radius 3 is 2.87 bits per heavy atom. The molecule has 23 heavy (non-hydrogen) atoms. The van der Waals surface area contributed by atoms with Gasteiger partial charge in [-0.3, -0.25) is 15.0 Å². The van der Waals surface area contributed by atoms with Gasteiger partial charge < -0.3 is 20.1 Å². The molecule has 2 rings (SSSR count). The molecule has 1 aromatic rings. The first kappa shape index (κ1) is 17.4. The van der Waals surface area contributed by atoms with Crippen molar-refractivity contribution in [3.63, 3.8) is 0 Å². The normalized spacial score (nSPS) is 15.0. The van der Waals surface area contributed by atoms with Gasteiger partial charge in [-0.1, -0.05) is 0 Å². The van der Waals surface area contributed by atoms with Gasteiger partial charge in [-0.25, -0.2) is 0 Å². The summed E-state index contributed by atoms with van der Waals surface area (Å²) in [4.78, 5) is 12.9. The predicted molar refractivity (Wildman–Crippen MR) is 91.1 cm³/mol. The molecule has 0 aromatic heterocycles. The molecule has 0 aliphatic carbocycles. The number of hydrogen-bond acceptors (Lipinski definition) is 6. The Morgan fingerprint density at radius 1 is 1.48 bits per heavy atom. The number of thiocarbonyl (C=S) groups is 1. The number of benzene rings is 1. The number of nitro benzene ring substituents is 1. The fourth-order valence-electron chi connectivity index (χ4n) is 2.21. The van der Waals surface area contributed by atoms with Crippen LogP contribution in [0.5, 0.6) is 5.75 Å². The smallest absolute Gasteiger partial charge is 0.296 e. The third-order valence-corrected chi connectivity index (χ3v) is 3.71. The standard InChI is InChI=1S/C14H20N4O4S/c1-21-11-2-3-12(13(10-11)18(19)20)16-14(23)15-4-5-17-6-8-22-9-7-17/h2-3,10H,4-9H2,1H3,(H2,15,16,23). The number of morpholine rings is 1. The van der Waals surface area contributed by atoms with Crippen molar-refractivity contribution in [3.8, 4) is 5.75 Å². The number of anilines is 1. The Bertz CT molecular complexity index is 564. The van der Waals surface area contributed by atoms with Gasteiger partial charge in [0.2, 0.25) is 0 Å². The minimum Gasteiger partial charge on any atom is -0.496 e. The molecule has 126 valence electrons. The Morgan fingerprint density at radius 2 is 2.22 bits per heavy atom. The lowest BCUT2D eigenvalue weighted by atomic mass is 10.2. The summed E-state index contributed by atoms with van der Waals surface area (Å²) in [6.07, 6.45) is 0. The molecule has 0 amide bonds. The molecule has 0 spiro atoms. The van der Waals surface area contributed by atoms with Crippen molar-refractivity contribution in [2.75, 3.05) is 51.8 Å². The molecule has 1 aliphatic rings. The van der Waals surface area contributed by atoms with Crippen LogP contribution in [0.4, 0.5) is 11.4 Å². The lowest BCUT2D eigenvalue weighted by Gasteiger charge is -2.26. The van der Waals surface area contributed by atoms with E-state index >= 15 is 0 Å². The van der Waals surface area contributed by atoms with Crippen LogP contribution in [0.2, 0.25) is 0 Å². The second-order valence-electron chi connectivity index (χ2n) is 4.98. The summed E-state index contributed by atoms with van der Waals surface area (Å²) < 4.78 is 10.3. The number of nitrogens with one attached hydrogen (secondary N) is 2. The van der Waals surface area contributed by atoms with Gasteiger partial charge in [0, 0.05) is 26.2 Å². The molecule has 0 saturated carbocycles. The first-order chi connectivity index (χ1) is 11.1. The van der Waals surface area contributed by atoms with Gasteiger partial charge in [0.05, 0.1) is 31.3 Å². The first-order valence-corrected chi connectivity index (χ1v) is 7.68. The summed E-state index contributed by atoms with van der Waals surface area (Å²) in [5, 5.41) is 17.4. The number of ether oxygens (including phenoxy) is 2. The minimum absolute atomic E-state index is 0.0818. The topological polar surface area (TPSA) is 88.9 Å². The van der Waals surface area contributed by atoms with Crippen LogP contribution in [-0.4, -0.2) is 61.4 Å². The summed E-state index contributed by atoms with van der Waals surface area (Å²) >= 11 is 5.19. The van der Waals surface area contributed by atoms with Gasteiger partial charge in [0.15, 0.2) is 5.11 Å². The molecule has 2 N–H and O–H groups in total. The second-order valence-corrected chi connectivity index (χ2v) is 5.38. The third-order valence-electron chi connectivity index (χ3n) is 3.47. The number of rotatable bonds is 6. The number of nitrogens with zero attached hydrogens (tertiary/aromatic N) is 2. The molecule has 1 aromatic carbocycles. The van der Waals surface area contributed by atoms with Crippen LogP contribution in [0.1, 0.15) is 0 Å². The van der Waals surface area contributed by atoms with E-state index in [1.165, 1.54) is 13.2 Å². The van der Waals surface area contributed by atoms with Crippen molar-refractivity contribution in [3.05, 3.63) is 28.3 Å². The predicted octanol–water partition coefficient (Wildman–Crippen LogP) is 1.22. The molecule has 9 heteroatoms. The number of nitro groups is 1. The number of hydrogen-bond donors (Lipinski definition) is 2. The largest absolute Gasteiger partial charge is 0.496 e. The highest BCUT2D eigenvalue weighted by Crippen LogP contribution is 2.28. The van der Waals surface area contributed by atoms with Crippen molar-refractivity contribution in [1.82, 2.24) is 10.2 Å². The van der Waals surface area contributed by atoms with Gasteiger partial charge in [-0.05, 0) is 24.4 Å². The van der Waals surface area contributed by atoms with Crippen molar-refractivity contribution in [2.24, 2.45) is 0 Å². The SMILES string of the molecule is COc1ccc(NC(=S)NCCN2CCOCC2)c([N+](=O)[O-])c1. The van der Waals surface area contributed by atoms with E-state index in [-0.39, 0.29) is 5.69 Å². The highest BCUT2D eigenvalue weighted by molar-refractivity contribution is 7.80. The van der Waals surface area contributed by atoms with E-state index in [4.69, 9.17) is 21.7 Å². The summed E-state index contributed by atoms with van der Waals surface area (Å²) in [6, 6.07) is 4.58. The van der Waals surface area contributed by atoms with Crippen LogP contribution in [0.3, 0.4) is 0 Å². The van der Waals surface area contributed by atoms with Crippen molar-refractivity contribution >= 4 is 28.7 Å². The zero-order valence-corrected chi connectivity index (χ0v) is 13.7. The quantitative estimate of drug-likeness (QED) is 0.454. The van der Waals surface area contributed by atoms with Crippen LogP contribution in [0.15, 0.2) is 18.2 Å². The molecule has 1 aliphatic heterocycles. The van der Waals surface area contributed by atoms with Crippen LogP contribution >= 0.6 is 12.2 Å². The molecule has 8 nitrogen and oxygen atoms in total. The van der Waals surface area contributed by atoms with E-state index in [1.54, 1.807) is 12.1 Å². The number of methoxy groups -OCH3 is 1. The zero-order chi connectivity index (χ0) is 16.7. The van der Waals surface area contributed by atoms with Crippen molar-refractivity contribution < 1.29 is 14.4 Å². The maximum absolute atomic E-state index is 11.1. The van der Waals surface area contributed by atoms with Gasteiger partial charge >= 0.3 is 0 Å². The minimum atomic E-state index is -0.471. The van der Waals surface area contributed by atoms with Crippen molar-refractivity contribution in [1.29, 1.82) is 0 Å². The van der Waals surface area contributed by atoms with E-state index in [2.05, 4.69) is 15.5 Å². The highest BCUT2D eigenvalue weighted by atomic mass is 32.1. The Balaban J connectivity index is 1.85. The second kappa shape index (κ2) is 8.61. The van der Waals surface area contributed by atoms with E-state index in [0.717, 1.165) is 32.8 Å². The van der Waals surface area contributed by atoms with Crippen molar-refractivity contribution in [2.45, 2.75) is 0 Å². The monoisotopic (exact) mass is 340 g/mol. The molecule has 0 bridgehead atoms. The van der Waals surface area contributed by atoms with Crippen LogP contribution in [-0.2, 0) is 4.74 Å². The van der Waals surface area contributed by atoms with Gasteiger partial charge in [-0.15, -0.1) is 0 Å². The Kier molecular flexibility index (Phi) is 6.51. The first-order valence-electron chi connectivity index (χ1n) is 7.27. The van der Waals surface area contributed by atoms with E-state index in [0.29, 0.717) is 23.1 Å². The van der Waals surface area contributed by atoms with Crippen LogP contribution < -0.4 is 15.4 Å². The van der Waals surface area contributed by atoms with E-state index in [9.17, 15) is 10.1 Å². The molecular formula is C14H20N4O4S. The maximum Gasteiger partial charge on any atom is 0.296 e. The molecule has 1 heterocycles. The van der Waals surface area contributed by atoms with Gasteiger partial charge in [0.1, 0.15) is 11.4 Å². The molecular weight excluding hydrogens is 320 g/mol. The third kappa shape index (κ3) is 5.31. The molecule has 0 radical (unpaired) electrons. The Labute approximate surface area is 139 Å². The fourth-order valence-corrected chi connectivity index (χ4v) is 2.43. The lowest BCUT2D eigenvalue weighted by molar-refractivity contribution is -0.384. The summed E-state index contributed by atoms with van der Waals surface area (Å²) in [5.41, 5.74) is 0.251. The summed E-state index contributed by atoms with van der Waals surface area (Å²) in [5.74, 6) is 0.424. The molecule has 0 atom stereocenters. The van der Waals surface area contributed by atoms with Gasteiger partial charge in [-0.2, -0.15) is 0 Å². The molecule has 1 saturated heterocycles. The highest BCUT2D eigenvalue weighted by Gasteiger charge is 2.16. The lowest BCUT2D eigenvalue weighted by Crippen LogP contribution is -2.42. The Hall–Kier alpha value is -1.97. The summed E-state index contributed by atoms with van der Waals surface area (Å²) in [6.45, 7) is 4.82. The maximum atomic E-state index is 11.1. The zero-order valence-electron chi connectivity index (χ0n) is 12.9. The molecule has 1 fully saturated rings. The van der Waals surface area contributed by atoms with Gasteiger partial charge in [0.25, 0.3) is 5.69 Å². The summed E-state index contributed by atoms with van der Waals surface area (Å²) in [7, 11) is 1.46. The fraction of sp³-hybridized carbons (Fsp3) is 0.500. The van der Waals surface area contributed by atoms with E-state index in [1.807, 2.05) is 0 Å².